The van der Waals surface area contributed by atoms with Gasteiger partial charge in [-0.25, -0.2) is 4.57 Å². The van der Waals surface area contributed by atoms with Gasteiger partial charge < -0.3 is 9.47 Å². The van der Waals surface area contributed by atoms with E-state index in [0.29, 0.717) is 6.61 Å². The molecule has 0 rings (SSSR count). The van der Waals surface area contributed by atoms with Crippen molar-refractivity contribution in [1.82, 2.24) is 0 Å². The zero-order valence-corrected chi connectivity index (χ0v) is 9.78. The molecule has 0 heterocycles. The highest BCUT2D eigenvalue weighted by Crippen LogP contribution is 2.47. The van der Waals surface area contributed by atoms with Gasteiger partial charge in [-0.3, -0.25) is 13.6 Å². The zero-order chi connectivity index (χ0) is 11.0. The summed E-state index contributed by atoms with van der Waals surface area (Å²) in [7, 11) is 2.15. The molecule has 14 heavy (non-hydrogen) atoms. The lowest BCUT2D eigenvalue weighted by molar-refractivity contribution is -0.00811. The molecule has 86 valence electrons. The molecule has 6 nitrogen and oxygen atoms in total. The molecule has 7 heteroatoms. The van der Waals surface area contributed by atoms with Crippen molar-refractivity contribution in [3.05, 3.63) is 0 Å². The smallest absolute Gasteiger partial charge is 0.382 e. The van der Waals surface area contributed by atoms with E-state index in [9.17, 15) is 4.57 Å². The van der Waals surface area contributed by atoms with E-state index < -0.39 is 7.82 Å². The quantitative estimate of drug-likeness (QED) is 0.579. The highest BCUT2D eigenvalue weighted by atomic mass is 31.2. The number of phosphoric acid groups is 1. The average molecular weight is 228 g/mol. The molecule has 1 atom stereocenters. The molecule has 0 aliphatic heterocycles. The first-order valence-corrected chi connectivity index (χ1v) is 5.45. The van der Waals surface area contributed by atoms with Crippen LogP contribution in [0.3, 0.4) is 0 Å². The van der Waals surface area contributed by atoms with Crippen LogP contribution in [0.25, 0.3) is 0 Å². The Labute approximate surface area is 84.0 Å². The van der Waals surface area contributed by atoms with E-state index in [1.165, 1.54) is 28.4 Å². The van der Waals surface area contributed by atoms with Gasteiger partial charge in [-0.15, -0.1) is 0 Å². The summed E-state index contributed by atoms with van der Waals surface area (Å²) < 4.78 is 35.3. The van der Waals surface area contributed by atoms with Crippen molar-refractivity contribution in [1.29, 1.82) is 0 Å². The molecule has 0 unspecified atom stereocenters. The van der Waals surface area contributed by atoms with Crippen molar-refractivity contribution in [2.24, 2.45) is 0 Å². The second kappa shape index (κ2) is 7.34. The summed E-state index contributed by atoms with van der Waals surface area (Å²) in [6.45, 7) is 0.438. The van der Waals surface area contributed by atoms with Crippen LogP contribution in [0.5, 0.6) is 0 Å². The van der Waals surface area contributed by atoms with Gasteiger partial charge in [-0.05, 0) is 0 Å². The van der Waals surface area contributed by atoms with E-state index in [1.807, 2.05) is 0 Å². The summed E-state index contributed by atoms with van der Waals surface area (Å²) in [6, 6.07) is 0. The summed E-state index contributed by atoms with van der Waals surface area (Å²) in [6.07, 6.45) is -0.293. The topological polar surface area (TPSA) is 63.2 Å². The Bertz CT molecular complexity index is 177. The summed E-state index contributed by atoms with van der Waals surface area (Å²) in [5.74, 6) is 0. The standard InChI is InChI=1S/C7H17O6P/c1-9-5-7(10-2)6-13-14(8,11-3)12-4/h7H,5-6H2,1-4H3/t7-/m1/s1. The zero-order valence-electron chi connectivity index (χ0n) is 8.89. The second-order valence-electron chi connectivity index (χ2n) is 2.42. The maximum absolute atomic E-state index is 11.4. The Morgan fingerprint density at radius 2 is 1.64 bits per heavy atom. The number of methoxy groups -OCH3 is 2. The van der Waals surface area contributed by atoms with Crippen LogP contribution in [0, 0.1) is 0 Å². The molecule has 0 aromatic rings. The molecule has 0 aromatic carbocycles. The number of hydrogen-bond acceptors (Lipinski definition) is 6. The first-order valence-electron chi connectivity index (χ1n) is 3.99. The summed E-state index contributed by atoms with van der Waals surface area (Å²) in [5, 5.41) is 0. The van der Waals surface area contributed by atoms with Gasteiger partial charge in [-0.2, -0.15) is 0 Å². The van der Waals surface area contributed by atoms with E-state index in [0.717, 1.165) is 0 Å². The minimum atomic E-state index is -3.41. The van der Waals surface area contributed by atoms with E-state index in [4.69, 9.17) is 14.0 Å². The average Bonchev–Trinajstić information content (AvgIpc) is 2.23. The summed E-state index contributed by atoms with van der Waals surface area (Å²) in [4.78, 5) is 0. The molecule has 0 saturated heterocycles. The van der Waals surface area contributed by atoms with E-state index in [1.54, 1.807) is 0 Å². The van der Waals surface area contributed by atoms with Gasteiger partial charge in [0.1, 0.15) is 6.10 Å². The summed E-state index contributed by atoms with van der Waals surface area (Å²) in [5.41, 5.74) is 0. The molecule has 0 spiro atoms. The van der Waals surface area contributed by atoms with Gasteiger partial charge in [0.25, 0.3) is 0 Å². The molecule has 0 aromatic heterocycles. The fourth-order valence-corrected chi connectivity index (χ4v) is 1.43. The SMILES string of the molecule is COC[C@H](COP(=O)(OC)OC)OC. The van der Waals surface area contributed by atoms with Crippen LogP contribution in [0.2, 0.25) is 0 Å². The molecule has 0 fully saturated rings. The Morgan fingerprint density at radius 3 is 2.00 bits per heavy atom. The first kappa shape index (κ1) is 14.0. The molecule has 0 N–H and O–H groups in total. The van der Waals surface area contributed by atoms with E-state index >= 15 is 0 Å². The number of hydrogen-bond donors (Lipinski definition) is 0. The fourth-order valence-electron chi connectivity index (χ4n) is 0.724. The maximum Gasteiger partial charge on any atom is 0.474 e. The number of phosphoric ester groups is 1. The lowest BCUT2D eigenvalue weighted by atomic mass is 10.4. The molecule has 0 aliphatic rings. The molecular weight excluding hydrogens is 211 g/mol. The third-order valence-electron chi connectivity index (χ3n) is 1.55. The first-order chi connectivity index (χ1) is 6.61. The van der Waals surface area contributed by atoms with E-state index in [-0.39, 0.29) is 12.7 Å². The van der Waals surface area contributed by atoms with Crippen molar-refractivity contribution in [3.8, 4) is 0 Å². The van der Waals surface area contributed by atoms with Crippen LogP contribution in [-0.2, 0) is 27.6 Å². The number of ether oxygens (including phenoxy) is 2. The highest BCUT2D eigenvalue weighted by molar-refractivity contribution is 7.48. The third-order valence-corrected chi connectivity index (χ3v) is 2.91. The van der Waals surface area contributed by atoms with Gasteiger partial charge in [0.05, 0.1) is 13.2 Å². The van der Waals surface area contributed by atoms with Crippen molar-refractivity contribution in [2.75, 3.05) is 41.7 Å². The maximum atomic E-state index is 11.4. The summed E-state index contributed by atoms with van der Waals surface area (Å²) >= 11 is 0. The molecule has 0 bridgehead atoms. The molecule has 0 amide bonds. The van der Waals surface area contributed by atoms with Crippen molar-refractivity contribution < 1.29 is 27.6 Å². The lowest BCUT2D eigenvalue weighted by Crippen LogP contribution is -2.23. The molecular formula is C7H17O6P. The van der Waals surface area contributed by atoms with Crippen molar-refractivity contribution >= 4 is 7.82 Å². The Balaban J connectivity index is 3.94. The lowest BCUT2D eigenvalue weighted by Gasteiger charge is -2.18. The van der Waals surface area contributed by atoms with Crippen molar-refractivity contribution in [3.63, 3.8) is 0 Å². The second-order valence-corrected chi connectivity index (χ2v) is 4.30. The van der Waals surface area contributed by atoms with Gasteiger partial charge in [0, 0.05) is 28.4 Å². The van der Waals surface area contributed by atoms with E-state index in [2.05, 4.69) is 9.05 Å². The largest absolute Gasteiger partial charge is 0.474 e. The minimum Gasteiger partial charge on any atom is -0.382 e. The monoisotopic (exact) mass is 228 g/mol. The predicted molar refractivity (Wildman–Crippen MR) is 50.2 cm³/mol. The normalized spacial score (nSPS) is 14.3. The predicted octanol–water partition coefficient (Wildman–Crippen LogP) is 1.07. The molecule has 0 saturated carbocycles. The van der Waals surface area contributed by atoms with Gasteiger partial charge in [0.2, 0.25) is 0 Å². The van der Waals surface area contributed by atoms with Gasteiger partial charge in [-0.1, -0.05) is 0 Å². The van der Waals surface area contributed by atoms with Crippen LogP contribution in [0.4, 0.5) is 0 Å². The minimum absolute atomic E-state index is 0.0866. The molecule has 0 radical (unpaired) electrons. The van der Waals surface area contributed by atoms with Crippen LogP contribution in [0.1, 0.15) is 0 Å². The Morgan fingerprint density at radius 1 is 1.07 bits per heavy atom. The van der Waals surface area contributed by atoms with Crippen LogP contribution in [-0.4, -0.2) is 47.8 Å². The molecule has 0 aliphatic carbocycles. The van der Waals surface area contributed by atoms with Crippen LogP contribution < -0.4 is 0 Å². The highest BCUT2D eigenvalue weighted by Gasteiger charge is 2.24. The Hall–Kier alpha value is 0.0300. The van der Waals surface area contributed by atoms with Crippen LogP contribution in [0.15, 0.2) is 0 Å². The van der Waals surface area contributed by atoms with Gasteiger partial charge in [0.15, 0.2) is 0 Å². The van der Waals surface area contributed by atoms with Crippen molar-refractivity contribution in [2.45, 2.75) is 6.10 Å². The third kappa shape index (κ3) is 5.05. The number of rotatable bonds is 8. The van der Waals surface area contributed by atoms with Crippen LogP contribution >= 0.6 is 7.82 Å². The Kier molecular flexibility index (Phi) is 7.35. The van der Waals surface area contributed by atoms with Gasteiger partial charge >= 0.3 is 7.82 Å². The fraction of sp³-hybridized carbons (Fsp3) is 1.00.